The second-order valence-electron chi connectivity index (χ2n) is 1.76. The SMILES string of the molecule is C[N+](C)(O)CO. The van der Waals surface area contributed by atoms with Gasteiger partial charge in [0.15, 0.2) is 0 Å². The highest BCUT2D eigenvalue weighted by molar-refractivity contribution is 3.82. The predicted octanol–water partition coefficient (Wildman–Crippen LogP) is -0.598. The van der Waals surface area contributed by atoms with Gasteiger partial charge in [-0.1, -0.05) is 0 Å². The molecule has 0 aromatic heterocycles. The first-order valence-electron chi connectivity index (χ1n) is 1.73. The maximum atomic E-state index is 8.51. The summed E-state index contributed by atoms with van der Waals surface area (Å²) in [6.45, 7) is -0.236. The van der Waals surface area contributed by atoms with Gasteiger partial charge in [0.05, 0.1) is 0 Å². The third-order valence-electron chi connectivity index (χ3n) is 0.346. The second kappa shape index (κ2) is 1.55. The molecule has 38 valence electrons. The molecule has 0 aliphatic heterocycles. The number of aliphatic hydroxyl groups excluding tert-OH is 1. The molecule has 0 aliphatic carbocycles. The van der Waals surface area contributed by atoms with E-state index in [1.807, 2.05) is 0 Å². The molecular weight excluding hydrogens is 82.0 g/mol. The first-order chi connectivity index (χ1) is 2.56. The van der Waals surface area contributed by atoms with E-state index in [0.717, 1.165) is 0 Å². The van der Waals surface area contributed by atoms with E-state index in [1.165, 1.54) is 14.1 Å². The third kappa shape index (κ3) is 3.88. The van der Waals surface area contributed by atoms with Crippen LogP contribution in [0.5, 0.6) is 0 Å². The molecule has 0 atom stereocenters. The van der Waals surface area contributed by atoms with Crippen molar-refractivity contribution in [2.24, 2.45) is 0 Å². The van der Waals surface area contributed by atoms with E-state index < -0.39 is 0 Å². The molecule has 0 aliphatic rings. The Bertz CT molecular complexity index is 38.5. The Morgan fingerprint density at radius 2 is 1.67 bits per heavy atom. The van der Waals surface area contributed by atoms with Crippen LogP contribution < -0.4 is 0 Å². The van der Waals surface area contributed by atoms with Gasteiger partial charge in [0.25, 0.3) is 0 Å². The number of hydrogen-bond donors (Lipinski definition) is 2. The van der Waals surface area contributed by atoms with Crippen LogP contribution >= 0.6 is 0 Å². The van der Waals surface area contributed by atoms with E-state index in [1.54, 1.807) is 0 Å². The molecule has 0 fully saturated rings. The second-order valence-corrected chi connectivity index (χ2v) is 1.76. The maximum Gasteiger partial charge on any atom is 0.209 e. The average Bonchev–Trinajstić information content (AvgIpc) is 1.35. The average molecular weight is 92.1 g/mol. The fraction of sp³-hybridized carbons (Fsp3) is 1.00. The summed E-state index contributed by atoms with van der Waals surface area (Å²) in [6.07, 6.45) is 0. The molecule has 0 heterocycles. The first-order valence-corrected chi connectivity index (χ1v) is 1.73. The van der Waals surface area contributed by atoms with Crippen molar-refractivity contribution >= 4 is 0 Å². The molecule has 0 bridgehead atoms. The zero-order valence-corrected chi connectivity index (χ0v) is 4.05. The molecule has 2 N–H and O–H groups in total. The van der Waals surface area contributed by atoms with Gasteiger partial charge < -0.3 is 5.11 Å². The standard InChI is InChI=1S/C3H10NO2/c1-4(2,6)3-5/h5-6H,3H2,1-2H3/q+1. The van der Waals surface area contributed by atoms with Crippen molar-refractivity contribution in [3.8, 4) is 0 Å². The maximum absolute atomic E-state index is 8.51. The van der Waals surface area contributed by atoms with Crippen LogP contribution in [0.2, 0.25) is 0 Å². The van der Waals surface area contributed by atoms with Crippen LogP contribution in [-0.2, 0) is 0 Å². The van der Waals surface area contributed by atoms with Gasteiger partial charge in [-0.2, -0.15) is 4.65 Å². The van der Waals surface area contributed by atoms with Crippen LogP contribution in [0.3, 0.4) is 0 Å². The Morgan fingerprint density at radius 1 is 1.50 bits per heavy atom. The van der Waals surface area contributed by atoms with Crippen LogP contribution in [-0.4, -0.2) is 35.8 Å². The normalized spacial score (nSPS) is 12.0. The summed E-state index contributed by atoms with van der Waals surface area (Å²) in [5, 5.41) is 16.6. The lowest BCUT2D eigenvalue weighted by molar-refractivity contribution is -1.09. The summed E-state index contributed by atoms with van der Waals surface area (Å²) in [5.41, 5.74) is 0. The Morgan fingerprint density at radius 3 is 1.67 bits per heavy atom. The third-order valence-corrected chi connectivity index (χ3v) is 0.346. The van der Waals surface area contributed by atoms with Crippen LogP contribution in [0, 0.1) is 0 Å². The summed E-state index contributed by atoms with van der Waals surface area (Å²) >= 11 is 0. The molecule has 0 aromatic rings. The van der Waals surface area contributed by atoms with Crippen molar-refractivity contribution in [3.05, 3.63) is 0 Å². The molecule has 0 unspecified atom stereocenters. The molecule has 0 radical (unpaired) electrons. The summed E-state index contributed by atoms with van der Waals surface area (Å²) in [5.74, 6) is 0. The smallest absolute Gasteiger partial charge is 0.209 e. The molecule has 0 spiro atoms. The van der Waals surface area contributed by atoms with E-state index in [4.69, 9.17) is 10.3 Å². The Hall–Kier alpha value is -0.120. The van der Waals surface area contributed by atoms with E-state index in [2.05, 4.69) is 0 Å². The van der Waals surface area contributed by atoms with Crippen LogP contribution in [0.25, 0.3) is 0 Å². The van der Waals surface area contributed by atoms with Gasteiger partial charge in [0.2, 0.25) is 6.73 Å². The lowest BCUT2D eigenvalue weighted by atomic mass is 10.9. The van der Waals surface area contributed by atoms with Gasteiger partial charge in [0, 0.05) is 0 Å². The zero-order valence-electron chi connectivity index (χ0n) is 4.05. The molecule has 0 amide bonds. The number of hydroxylamine groups is 3. The minimum atomic E-state index is -0.375. The fourth-order valence-corrected chi connectivity index (χ4v) is 0. The number of aliphatic hydroxyl groups is 1. The Kier molecular flexibility index (Phi) is 1.52. The molecule has 3 nitrogen and oxygen atoms in total. The zero-order chi connectivity index (χ0) is 5.21. The minimum Gasteiger partial charge on any atom is -0.345 e. The van der Waals surface area contributed by atoms with Gasteiger partial charge in [-0.15, -0.1) is 0 Å². The van der Waals surface area contributed by atoms with Crippen LogP contribution in [0.1, 0.15) is 0 Å². The predicted molar refractivity (Wildman–Crippen MR) is 21.0 cm³/mol. The molecule has 0 aromatic carbocycles. The molecular formula is C3H10NO2+. The van der Waals surface area contributed by atoms with Crippen LogP contribution in [0.15, 0.2) is 0 Å². The van der Waals surface area contributed by atoms with E-state index in [9.17, 15) is 0 Å². The van der Waals surface area contributed by atoms with Gasteiger partial charge in [0.1, 0.15) is 14.1 Å². The number of nitrogens with zero attached hydrogens (tertiary/aromatic N) is 1. The minimum absolute atomic E-state index is 0.236. The van der Waals surface area contributed by atoms with Crippen molar-refractivity contribution in [2.45, 2.75) is 0 Å². The topological polar surface area (TPSA) is 40.5 Å². The molecule has 0 saturated heterocycles. The molecule has 0 rings (SSSR count). The number of hydrogen-bond acceptors (Lipinski definition) is 2. The fourth-order valence-electron chi connectivity index (χ4n) is 0. The monoisotopic (exact) mass is 92.1 g/mol. The van der Waals surface area contributed by atoms with Crippen molar-refractivity contribution < 1.29 is 15.0 Å². The summed E-state index contributed by atoms with van der Waals surface area (Å²) in [7, 11) is 2.97. The molecule has 0 saturated carbocycles. The highest BCUT2D eigenvalue weighted by Gasteiger charge is 2.03. The van der Waals surface area contributed by atoms with E-state index in [-0.39, 0.29) is 11.4 Å². The van der Waals surface area contributed by atoms with Crippen molar-refractivity contribution in [2.75, 3.05) is 20.8 Å². The molecule has 3 heteroatoms. The van der Waals surface area contributed by atoms with Crippen molar-refractivity contribution in [1.82, 2.24) is 0 Å². The van der Waals surface area contributed by atoms with Gasteiger partial charge in [-0.05, 0) is 0 Å². The van der Waals surface area contributed by atoms with E-state index >= 15 is 0 Å². The summed E-state index contributed by atoms with van der Waals surface area (Å²) in [6, 6.07) is 0. The van der Waals surface area contributed by atoms with Gasteiger partial charge in [-0.3, -0.25) is 0 Å². The van der Waals surface area contributed by atoms with Gasteiger partial charge >= 0.3 is 0 Å². The Labute approximate surface area is 37.0 Å². The van der Waals surface area contributed by atoms with Crippen LogP contribution in [0.4, 0.5) is 0 Å². The largest absolute Gasteiger partial charge is 0.345 e. The number of quaternary nitrogens is 1. The highest BCUT2D eigenvalue weighted by Crippen LogP contribution is 1.80. The number of rotatable bonds is 1. The first kappa shape index (κ1) is 5.88. The van der Waals surface area contributed by atoms with E-state index in [0.29, 0.717) is 0 Å². The highest BCUT2D eigenvalue weighted by atomic mass is 16.6. The molecule has 6 heavy (non-hydrogen) atoms. The lowest BCUT2D eigenvalue weighted by Crippen LogP contribution is -2.35. The summed E-state index contributed by atoms with van der Waals surface area (Å²) in [4.78, 5) is 0. The Balaban J connectivity index is 3.17. The van der Waals surface area contributed by atoms with Crippen molar-refractivity contribution in [3.63, 3.8) is 0 Å². The van der Waals surface area contributed by atoms with Crippen molar-refractivity contribution in [1.29, 1.82) is 0 Å². The lowest BCUT2D eigenvalue weighted by Gasteiger charge is -2.14. The summed E-state index contributed by atoms with van der Waals surface area (Å²) < 4.78 is -0.375. The quantitative estimate of drug-likeness (QED) is 0.257. The van der Waals surface area contributed by atoms with Gasteiger partial charge in [-0.25, -0.2) is 5.21 Å².